The lowest BCUT2D eigenvalue weighted by molar-refractivity contribution is -0.118. The Morgan fingerprint density at radius 2 is 1.89 bits per heavy atom. The molecule has 27 heavy (non-hydrogen) atoms. The Morgan fingerprint density at radius 1 is 1.19 bits per heavy atom. The van der Waals surface area contributed by atoms with Crippen LogP contribution in [0.1, 0.15) is 13.8 Å². The molecule has 0 atom stereocenters. The SMILES string of the molecule is CCN(CC)S(=O)(=O)c1cccc(NC(=O)COc2ccc(F)cc2Br)c1. The topological polar surface area (TPSA) is 75.7 Å². The first kappa shape index (κ1) is 21.3. The van der Waals surface area contributed by atoms with Crippen molar-refractivity contribution >= 4 is 37.5 Å². The minimum atomic E-state index is -3.62. The summed E-state index contributed by atoms with van der Waals surface area (Å²) < 4.78 is 45.3. The number of ether oxygens (including phenoxy) is 1. The first-order valence-corrected chi connectivity index (χ1v) is 10.5. The maximum Gasteiger partial charge on any atom is 0.262 e. The zero-order valence-corrected chi connectivity index (χ0v) is 17.3. The maximum atomic E-state index is 13.1. The van der Waals surface area contributed by atoms with Crippen LogP contribution in [0.3, 0.4) is 0 Å². The van der Waals surface area contributed by atoms with Gasteiger partial charge in [0.2, 0.25) is 10.0 Å². The maximum absolute atomic E-state index is 13.1. The van der Waals surface area contributed by atoms with Crippen LogP contribution in [0, 0.1) is 5.82 Å². The van der Waals surface area contributed by atoms with Crippen LogP contribution in [0.4, 0.5) is 10.1 Å². The molecule has 0 aliphatic rings. The normalized spacial score (nSPS) is 11.4. The number of benzene rings is 2. The number of anilines is 1. The fraction of sp³-hybridized carbons (Fsp3) is 0.278. The van der Waals surface area contributed by atoms with Crippen LogP contribution in [0.5, 0.6) is 5.75 Å². The molecule has 6 nitrogen and oxygen atoms in total. The van der Waals surface area contributed by atoms with E-state index in [4.69, 9.17) is 4.74 Å². The highest BCUT2D eigenvalue weighted by Gasteiger charge is 2.21. The van der Waals surface area contributed by atoms with Gasteiger partial charge in [-0.05, 0) is 52.3 Å². The predicted octanol–water partition coefficient (Wildman–Crippen LogP) is 3.64. The van der Waals surface area contributed by atoms with E-state index in [2.05, 4.69) is 21.2 Å². The summed E-state index contributed by atoms with van der Waals surface area (Å²) >= 11 is 3.15. The molecule has 1 amide bonds. The molecule has 1 N–H and O–H groups in total. The predicted molar refractivity (Wildman–Crippen MR) is 105 cm³/mol. The van der Waals surface area contributed by atoms with Crippen LogP contribution in [0.15, 0.2) is 51.8 Å². The van der Waals surface area contributed by atoms with Gasteiger partial charge in [-0.3, -0.25) is 4.79 Å². The minimum Gasteiger partial charge on any atom is -0.483 e. The van der Waals surface area contributed by atoms with E-state index in [0.29, 0.717) is 29.0 Å². The Kier molecular flexibility index (Phi) is 7.34. The van der Waals surface area contributed by atoms with Crippen molar-refractivity contribution < 1.29 is 22.3 Å². The molecule has 0 saturated heterocycles. The van der Waals surface area contributed by atoms with Crippen molar-refractivity contribution in [3.05, 3.63) is 52.8 Å². The second kappa shape index (κ2) is 9.29. The summed E-state index contributed by atoms with van der Waals surface area (Å²) in [5.74, 6) is -0.571. The molecule has 0 bridgehead atoms. The van der Waals surface area contributed by atoms with Crippen molar-refractivity contribution in [2.75, 3.05) is 25.0 Å². The summed E-state index contributed by atoms with van der Waals surface area (Å²) in [5.41, 5.74) is 0.343. The first-order chi connectivity index (χ1) is 12.8. The molecular formula is C18H20BrFN2O4S. The van der Waals surface area contributed by atoms with Gasteiger partial charge in [-0.2, -0.15) is 4.31 Å². The number of halogens is 2. The molecule has 0 unspecified atom stereocenters. The molecule has 0 saturated carbocycles. The zero-order chi connectivity index (χ0) is 20.0. The van der Waals surface area contributed by atoms with Crippen molar-refractivity contribution in [1.82, 2.24) is 4.31 Å². The van der Waals surface area contributed by atoms with Crippen LogP contribution in [0.25, 0.3) is 0 Å². The van der Waals surface area contributed by atoms with E-state index in [1.807, 2.05) is 0 Å². The third-order valence-corrected chi connectivity index (χ3v) is 6.38. The van der Waals surface area contributed by atoms with Crippen LogP contribution < -0.4 is 10.1 Å². The Hall–Kier alpha value is -1.97. The number of nitrogens with one attached hydrogen (secondary N) is 1. The lowest BCUT2D eigenvalue weighted by atomic mass is 10.3. The van der Waals surface area contributed by atoms with Gasteiger partial charge in [0.15, 0.2) is 6.61 Å². The second-order valence-corrected chi connectivity index (χ2v) is 8.32. The number of sulfonamides is 1. The second-order valence-electron chi connectivity index (χ2n) is 5.53. The van der Waals surface area contributed by atoms with Crippen molar-refractivity contribution in [2.24, 2.45) is 0 Å². The highest BCUT2D eigenvalue weighted by Crippen LogP contribution is 2.25. The van der Waals surface area contributed by atoms with E-state index >= 15 is 0 Å². The largest absolute Gasteiger partial charge is 0.483 e. The van der Waals surface area contributed by atoms with E-state index < -0.39 is 21.7 Å². The quantitative estimate of drug-likeness (QED) is 0.654. The van der Waals surface area contributed by atoms with Crippen LogP contribution >= 0.6 is 15.9 Å². The van der Waals surface area contributed by atoms with Gasteiger partial charge in [0.1, 0.15) is 11.6 Å². The lowest BCUT2D eigenvalue weighted by Crippen LogP contribution is -2.30. The van der Waals surface area contributed by atoms with Crippen LogP contribution in [-0.4, -0.2) is 38.3 Å². The number of carbonyl (C=O) groups is 1. The molecule has 9 heteroatoms. The number of hydrogen-bond acceptors (Lipinski definition) is 4. The molecule has 2 aromatic rings. The molecule has 0 aliphatic carbocycles. The lowest BCUT2D eigenvalue weighted by Gasteiger charge is -2.18. The van der Waals surface area contributed by atoms with Gasteiger partial charge in [0.25, 0.3) is 5.91 Å². The molecule has 0 aromatic heterocycles. The molecule has 0 aliphatic heterocycles. The third kappa shape index (κ3) is 5.50. The Morgan fingerprint density at radius 3 is 2.52 bits per heavy atom. The van der Waals surface area contributed by atoms with Gasteiger partial charge in [-0.15, -0.1) is 0 Å². The van der Waals surface area contributed by atoms with Crippen molar-refractivity contribution in [3.63, 3.8) is 0 Å². The van der Waals surface area contributed by atoms with E-state index in [0.717, 1.165) is 0 Å². The average molecular weight is 459 g/mol. The Bertz CT molecular complexity index is 917. The van der Waals surface area contributed by atoms with Crippen molar-refractivity contribution in [2.45, 2.75) is 18.7 Å². The standard InChI is InChI=1S/C18H20BrFN2O4S/c1-3-22(4-2)27(24,25)15-7-5-6-14(11-15)21-18(23)12-26-17-9-8-13(20)10-16(17)19/h5-11H,3-4,12H2,1-2H3,(H,21,23). The molecule has 0 radical (unpaired) electrons. The Balaban J connectivity index is 2.06. The summed E-state index contributed by atoms with van der Waals surface area (Å²) in [5, 5.41) is 2.59. The van der Waals surface area contributed by atoms with Crippen LogP contribution in [0.2, 0.25) is 0 Å². The van der Waals surface area contributed by atoms with Gasteiger partial charge >= 0.3 is 0 Å². The molecule has 146 valence electrons. The van der Waals surface area contributed by atoms with Gasteiger partial charge in [0, 0.05) is 18.8 Å². The van der Waals surface area contributed by atoms with Crippen molar-refractivity contribution in [1.29, 1.82) is 0 Å². The number of amides is 1. The van der Waals surface area contributed by atoms with Crippen LogP contribution in [-0.2, 0) is 14.8 Å². The number of rotatable bonds is 8. The first-order valence-electron chi connectivity index (χ1n) is 8.25. The highest BCUT2D eigenvalue weighted by molar-refractivity contribution is 9.10. The fourth-order valence-corrected chi connectivity index (χ4v) is 4.35. The van der Waals surface area contributed by atoms with E-state index in [1.165, 1.54) is 34.6 Å². The molecule has 0 fully saturated rings. The van der Waals surface area contributed by atoms with E-state index in [1.54, 1.807) is 26.0 Å². The van der Waals surface area contributed by atoms with E-state index in [-0.39, 0.29) is 11.5 Å². The third-order valence-electron chi connectivity index (χ3n) is 3.71. The Labute approximate surface area is 166 Å². The average Bonchev–Trinajstić information content (AvgIpc) is 2.62. The van der Waals surface area contributed by atoms with E-state index in [9.17, 15) is 17.6 Å². The number of hydrogen-bond donors (Lipinski definition) is 1. The summed E-state index contributed by atoms with van der Waals surface area (Å²) in [6.45, 7) is 3.93. The van der Waals surface area contributed by atoms with Crippen molar-refractivity contribution in [3.8, 4) is 5.75 Å². The molecule has 2 rings (SSSR count). The minimum absolute atomic E-state index is 0.103. The molecule has 2 aromatic carbocycles. The smallest absolute Gasteiger partial charge is 0.262 e. The van der Waals surface area contributed by atoms with Gasteiger partial charge < -0.3 is 10.1 Å². The monoisotopic (exact) mass is 458 g/mol. The van der Waals surface area contributed by atoms with Gasteiger partial charge in [-0.25, -0.2) is 12.8 Å². The zero-order valence-electron chi connectivity index (χ0n) is 14.9. The summed E-state index contributed by atoms with van der Waals surface area (Å²) in [6, 6.07) is 9.89. The molecular weight excluding hydrogens is 439 g/mol. The summed E-state index contributed by atoms with van der Waals surface area (Å²) in [7, 11) is -3.62. The van der Waals surface area contributed by atoms with Gasteiger partial charge in [-0.1, -0.05) is 19.9 Å². The highest BCUT2D eigenvalue weighted by atomic mass is 79.9. The summed E-state index contributed by atoms with van der Waals surface area (Å²) in [4.78, 5) is 12.2. The molecule has 0 heterocycles. The number of nitrogens with zero attached hydrogens (tertiary/aromatic N) is 1. The summed E-state index contributed by atoms with van der Waals surface area (Å²) in [6.07, 6.45) is 0. The van der Waals surface area contributed by atoms with Gasteiger partial charge in [0.05, 0.1) is 9.37 Å². The molecule has 0 spiro atoms. The number of carbonyl (C=O) groups excluding carboxylic acids is 1. The fourth-order valence-electron chi connectivity index (χ4n) is 2.38.